The normalized spacial score (nSPS) is 11.3. The van der Waals surface area contributed by atoms with Crippen LogP contribution in [0.25, 0.3) is 11.1 Å². The van der Waals surface area contributed by atoms with Crippen LogP contribution in [0.4, 0.5) is 23.1 Å². The summed E-state index contributed by atoms with van der Waals surface area (Å²) in [5, 5.41) is 11.7. The summed E-state index contributed by atoms with van der Waals surface area (Å²) in [6.07, 6.45) is 5.24. The molecule has 2 aromatic carbocycles. The van der Waals surface area contributed by atoms with E-state index in [1.54, 1.807) is 31.3 Å². The van der Waals surface area contributed by atoms with Crippen molar-refractivity contribution >= 4 is 47.2 Å². The molecule has 0 aliphatic carbocycles. The highest BCUT2D eigenvalue weighted by Gasteiger charge is 2.17. The van der Waals surface area contributed by atoms with E-state index in [2.05, 4.69) is 25.7 Å². The van der Waals surface area contributed by atoms with Gasteiger partial charge in [-0.25, -0.2) is 4.98 Å². The Labute approximate surface area is 197 Å². The van der Waals surface area contributed by atoms with Gasteiger partial charge in [-0.2, -0.15) is 10.1 Å². The Bertz CT molecular complexity index is 1350. The molecule has 2 aromatic heterocycles. The Morgan fingerprint density at radius 3 is 2.52 bits per heavy atom. The van der Waals surface area contributed by atoms with E-state index in [-0.39, 0.29) is 0 Å². The van der Waals surface area contributed by atoms with Gasteiger partial charge in [0.05, 0.1) is 30.9 Å². The third kappa shape index (κ3) is 5.18. The van der Waals surface area contributed by atoms with E-state index in [0.29, 0.717) is 33.9 Å². The summed E-state index contributed by atoms with van der Waals surface area (Å²) in [6, 6.07) is 13.2. The molecule has 0 spiro atoms. The number of aromatic nitrogens is 4. The van der Waals surface area contributed by atoms with Crippen LogP contribution in [0.15, 0.2) is 61.1 Å². The highest BCUT2D eigenvalue weighted by Crippen LogP contribution is 2.39. The zero-order valence-corrected chi connectivity index (χ0v) is 20.4. The number of benzene rings is 2. The largest absolute Gasteiger partial charge is 0.495 e. The summed E-state index contributed by atoms with van der Waals surface area (Å²) >= 11 is 6.35. The van der Waals surface area contributed by atoms with Crippen molar-refractivity contribution in [3.8, 4) is 16.9 Å². The zero-order valence-electron chi connectivity index (χ0n) is 18.7. The molecule has 170 valence electrons. The van der Waals surface area contributed by atoms with Crippen LogP contribution in [0.5, 0.6) is 5.75 Å². The lowest BCUT2D eigenvalue weighted by atomic mass is 10.1. The Balaban J connectivity index is 1.62. The molecule has 0 bridgehead atoms. The van der Waals surface area contributed by atoms with Crippen LogP contribution >= 0.6 is 18.7 Å². The van der Waals surface area contributed by atoms with Crippen LogP contribution in [-0.2, 0) is 11.6 Å². The Hall–Kier alpha value is -3.35. The minimum atomic E-state index is -2.50. The van der Waals surface area contributed by atoms with E-state index in [0.717, 1.165) is 16.4 Å². The van der Waals surface area contributed by atoms with Gasteiger partial charge in [0.2, 0.25) is 5.95 Å². The van der Waals surface area contributed by atoms with Crippen LogP contribution in [0, 0.1) is 0 Å². The topological polar surface area (TPSA) is 94.0 Å². The first-order valence-electron chi connectivity index (χ1n) is 10.1. The lowest BCUT2D eigenvalue weighted by Gasteiger charge is -2.16. The summed E-state index contributed by atoms with van der Waals surface area (Å²) in [7, 11) is 0.978. The number of hydrogen-bond donors (Lipinski definition) is 2. The van der Waals surface area contributed by atoms with Gasteiger partial charge in [-0.15, -0.1) is 0 Å². The van der Waals surface area contributed by atoms with Gasteiger partial charge in [-0.1, -0.05) is 29.8 Å². The fourth-order valence-corrected chi connectivity index (χ4v) is 4.65. The fourth-order valence-electron chi connectivity index (χ4n) is 3.36. The molecule has 0 radical (unpaired) electrons. The quantitative estimate of drug-likeness (QED) is 0.346. The molecule has 0 aliphatic rings. The van der Waals surface area contributed by atoms with Gasteiger partial charge in [0.25, 0.3) is 0 Å². The Morgan fingerprint density at radius 2 is 1.82 bits per heavy atom. The Morgan fingerprint density at radius 1 is 1.03 bits per heavy atom. The first kappa shape index (κ1) is 22.8. The average molecular weight is 483 g/mol. The summed E-state index contributed by atoms with van der Waals surface area (Å²) in [6.45, 7) is 3.45. The molecule has 10 heteroatoms. The number of nitrogens with one attached hydrogen (secondary N) is 2. The molecule has 4 aromatic rings. The van der Waals surface area contributed by atoms with Gasteiger partial charge in [-0.3, -0.25) is 4.68 Å². The number of hydrogen-bond acceptors (Lipinski definition) is 7. The number of para-hydroxylation sites is 1. The number of anilines is 4. The molecule has 0 unspecified atom stereocenters. The molecule has 2 heterocycles. The Kier molecular flexibility index (Phi) is 6.40. The summed E-state index contributed by atoms with van der Waals surface area (Å²) < 4.78 is 20.0. The molecule has 8 nitrogen and oxygen atoms in total. The molecular weight excluding hydrogens is 459 g/mol. The maximum atomic E-state index is 12.7. The maximum Gasteiger partial charge on any atom is 0.229 e. The van der Waals surface area contributed by atoms with Crippen molar-refractivity contribution in [1.82, 2.24) is 19.7 Å². The standard InChI is InChI=1S/C23H24ClN6O2P/c1-30-14-16(12-26-30)15-9-10-18(20(11-15)32-2)28-23-25-13-17(24)22(29-23)27-19-7-5-6-8-21(19)33(3,4)31/h5-14H,1-4H3,(H2,25,27,28,29). The smallest absolute Gasteiger partial charge is 0.229 e. The highest BCUT2D eigenvalue weighted by atomic mass is 35.5. The molecular formula is C23H24ClN6O2P. The molecule has 2 N–H and O–H groups in total. The SMILES string of the molecule is COc1cc(-c2cnn(C)c2)ccc1Nc1ncc(Cl)c(Nc2ccccc2P(C)(C)=O)n1. The number of methoxy groups -OCH3 is 1. The van der Waals surface area contributed by atoms with Crippen molar-refractivity contribution in [3.63, 3.8) is 0 Å². The third-order valence-corrected chi connectivity index (χ3v) is 6.79. The average Bonchev–Trinajstić information content (AvgIpc) is 3.22. The van der Waals surface area contributed by atoms with E-state index >= 15 is 0 Å². The zero-order chi connectivity index (χ0) is 23.6. The van der Waals surface area contributed by atoms with E-state index in [9.17, 15) is 4.57 Å². The van der Waals surface area contributed by atoms with Crippen molar-refractivity contribution < 1.29 is 9.30 Å². The molecule has 33 heavy (non-hydrogen) atoms. The van der Waals surface area contributed by atoms with E-state index in [1.807, 2.05) is 55.7 Å². The van der Waals surface area contributed by atoms with Gasteiger partial charge >= 0.3 is 0 Å². The third-order valence-electron chi connectivity index (χ3n) is 4.97. The molecule has 0 aliphatic heterocycles. The second-order valence-corrected chi connectivity index (χ2v) is 11.4. The summed E-state index contributed by atoms with van der Waals surface area (Å²) in [5.41, 5.74) is 3.35. The van der Waals surface area contributed by atoms with Crippen molar-refractivity contribution in [2.45, 2.75) is 0 Å². The van der Waals surface area contributed by atoms with Crippen molar-refractivity contribution in [2.75, 3.05) is 31.1 Å². The van der Waals surface area contributed by atoms with Gasteiger partial charge in [0.1, 0.15) is 17.9 Å². The predicted octanol–water partition coefficient (Wildman–Crippen LogP) is 5.27. The van der Waals surface area contributed by atoms with Gasteiger partial charge in [-0.05, 0) is 43.2 Å². The van der Waals surface area contributed by atoms with Crippen molar-refractivity contribution in [3.05, 3.63) is 66.1 Å². The monoisotopic (exact) mass is 482 g/mol. The molecule has 0 fully saturated rings. The molecule has 4 rings (SSSR count). The second-order valence-electron chi connectivity index (χ2n) is 7.83. The molecule has 0 atom stereocenters. The summed E-state index contributed by atoms with van der Waals surface area (Å²) in [4.78, 5) is 8.81. The van der Waals surface area contributed by atoms with Crippen LogP contribution in [0.3, 0.4) is 0 Å². The number of halogens is 1. The molecule has 0 saturated heterocycles. The van der Waals surface area contributed by atoms with Crippen LogP contribution in [-0.4, -0.2) is 40.2 Å². The predicted molar refractivity (Wildman–Crippen MR) is 134 cm³/mol. The number of rotatable bonds is 7. The first-order chi connectivity index (χ1) is 15.7. The minimum Gasteiger partial charge on any atom is -0.495 e. The van der Waals surface area contributed by atoms with Crippen LogP contribution < -0.4 is 20.7 Å². The van der Waals surface area contributed by atoms with Crippen molar-refractivity contribution in [1.29, 1.82) is 0 Å². The number of ether oxygens (including phenoxy) is 1. The maximum absolute atomic E-state index is 12.7. The molecule has 0 saturated carbocycles. The van der Waals surface area contributed by atoms with Gasteiger partial charge < -0.3 is 19.9 Å². The first-order valence-corrected chi connectivity index (χ1v) is 13.1. The summed E-state index contributed by atoms with van der Waals surface area (Å²) in [5.74, 6) is 1.37. The van der Waals surface area contributed by atoms with Crippen LogP contribution in [0.1, 0.15) is 0 Å². The van der Waals surface area contributed by atoms with Gasteiger partial charge in [0, 0.05) is 24.1 Å². The molecule has 0 amide bonds. The fraction of sp³-hybridized carbons (Fsp3) is 0.174. The minimum absolute atomic E-state index is 0.336. The second kappa shape index (κ2) is 9.25. The highest BCUT2D eigenvalue weighted by molar-refractivity contribution is 7.70. The van der Waals surface area contributed by atoms with Crippen LogP contribution in [0.2, 0.25) is 5.02 Å². The number of aryl methyl sites for hydroxylation is 1. The lowest BCUT2D eigenvalue weighted by molar-refractivity contribution is 0.417. The van der Waals surface area contributed by atoms with E-state index in [4.69, 9.17) is 16.3 Å². The van der Waals surface area contributed by atoms with Gasteiger partial charge in [0.15, 0.2) is 5.82 Å². The van der Waals surface area contributed by atoms with Crippen molar-refractivity contribution in [2.24, 2.45) is 7.05 Å². The van der Waals surface area contributed by atoms with E-state index in [1.165, 1.54) is 6.20 Å². The lowest BCUT2D eigenvalue weighted by Crippen LogP contribution is -2.11. The van der Waals surface area contributed by atoms with E-state index < -0.39 is 7.14 Å². The number of nitrogens with zero attached hydrogens (tertiary/aromatic N) is 4.